The molecule has 2 aromatic carbocycles. The summed E-state index contributed by atoms with van der Waals surface area (Å²) in [6, 6.07) is 13.6. The van der Waals surface area contributed by atoms with Crippen molar-refractivity contribution in [3.63, 3.8) is 0 Å². The Morgan fingerprint density at radius 1 is 0.971 bits per heavy atom. The highest BCUT2D eigenvalue weighted by atomic mass is 32.2. The zero-order valence-corrected chi connectivity index (χ0v) is 20.9. The van der Waals surface area contributed by atoms with E-state index in [0.717, 1.165) is 25.7 Å². The normalized spacial score (nSPS) is 17.7. The maximum atomic E-state index is 13.0. The molecule has 1 heterocycles. The second-order valence-corrected chi connectivity index (χ2v) is 11.0. The summed E-state index contributed by atoms with van der Waals surface area (Å²) < 4.78 is 32.9. The molecule has 1 saturated heterocycles. The summed E-state index contributed by atoms with van der Waals surface area (Å²) in [5, 5.41) is 5.97. The van der Waals surface area contributed by atoms with Crippen LogP contribution in [0.3, 0.4) is 0 Å². The van der Waals surface area contributed by atoms with Crippen LogP contribution in [0.25, 0.3) is 0 Å². The van der Waals surface area contributed by atoms with Crippen molar-refractivity contribution < 1.29 is 22.7 Å². The van der Waals surface area contributed by atoms with Crippen LogP contribution >= 0.6 is 0 Å². The molecule has 8 nitrogen and oxygen atoms in total. The summed E-state index contributed by atoms with van der Waals surface area (Å²) in [6.07, 6.45) is 5.04. The highest BCUT2D eigenvalue weighted by Crippen LogP contribution is 2.27. The van der Waals surface area contributed by atoms with Crippen LogP contribution in [0.15, 0.2) is 53.4 Å². The van der Waals surface area contributed by atoms with E-state index in [4.69, 9.17) is 4.74 Å². The number of amides is 2. The zero-order chi connectivity index (χ0) is 24.8. The highest BCUT2D eigenvalue weighted by Gasteiger charge is 2.32. The summed E-state index contributed by atoms with van der Waals surface area (Å²) >= 11 is 0. The van der Waals surface area contributed by atoms with Crippen molar-refractivity contribution in [1.82, 2.24) is 9.62 Å². The van der Waals surface area contributed by atoms with Gasteiger partial charge in [-0.1, -0.05) is 25.0 Å². The summed E-state index contributed by atoms with van der Waals surface area (Å²) in [6.45, 7) is 2.90. The number of para-hydroxylation sites is 1. The standard InChI is InChI=1S/C26H33N3O5S/c1-2-34-21-11-13-22(14-12-21)35(32,33)29-17-15-19(16-18-29)25(30)28-24-10-6-5-9-23(24)26(31)27-20-7-3-4-8-20/h5-6,9-14,19-20H,2-4,7-8,15-18H2,1H3,(H,27,31)(H,28,30). The molecule has 4 rings (SSSR count). The predicted octanol–water partition coefficient (Wildman–Crippen LogP) is 3.80. The maximum Gasteiger partial charge on any atom is 0.253 e. The molecule has 0 unspecified atom stereocenters. The first-order chi connectivity index (χ1) is 16.9. The lowest BCUT2D eigenvalue weighted by Crippen LogP contribution is -2.41. The van der Waals surface area contributed by atoms with E-state index in [-0.39, 0.29) is 41.8 Å². The van der Waals surface area contributed by atoms with Gasteiger partial charge in [0, 0.05) is 25.0 Å². The third kappa shape index (κ3) is 6.02. The molecule has 0 radical (unpaired) electrons. The fraction of sp³-hybridized carbons (Fsp3) is 0.462. The van der Waals surface area contributed by atoms with E-state index in [2.05, 4.69) is 10.6 Å². The van der Waals surface area contributed by atoms with Crippen molar-refractivity contribution in [3.05, 3.63) is 54.1 Å². The monoisotopic (exact) mass is 499 g/mol. The number of nitrogens with zero attached hydrogens (tertiary/aromatic N) is 1. The number of carbonyl (C=O) groups is 2. The molecule has 9 heteroatoms. The van der Waals surface area contributed by atoms with E-state index in [1.165, 1.54) is 4.31 Å². The smallest absolute Gasteiger partial charge is 0.253 e. The van der Waals surface area contributed by atoms with Crippen LogP contribution in [0.1, 0.15) is 55.8 Å². The van der Waals surface area contributed by atoms with Crippen LogP contribution in [-0.2, 0) is 14.8 Å². The van der Waals surface area contributed by atoms with Gasteiger partial charge in [-0.05, 0) is 69.0 Å². The molecule has 1 aliphatic carbocycles. The predicted molar refractivity (Wildman–Crippen MR) is 134 cm³/mol. The van der Waals surface area contributed by atoms with E-state index < -0.39 is 10.0 Å². The molecular weight excluding hydrogens is 466 g/mol. The minimum atomic E-state index is -3.64. The van der Waals surface area contributed by atoms with Crippen LogP contribution in [-0.4, -0.2) is 50.3 Å². The Labute approximate surface area is 207 Å². The molecule has 0 atom stereocenters. The van der Waals surface area contributed by atoms with Crippen LogP contribution in [0.5, 0.6) is 5.75 Å². The second kappa shape index (κ2) is 11.2. The topological polar surface area (TPSA) is 105 Å². The number of hydrogen-bond donors (Lipinski definition) is 2. The number of carbonyl (C=O) groups excluding carboxylic acids is 2. The van der Waals surface area contributed by atoms with Crippen LogP contribution in [0, 0.1) is 5.92 Å². The summed E-state index contributed by atoms with van der Waals surface area (Å²) in [5.74, 6) is -0.0694. The molecule has 0 aromatic heterocycles. The van der Waals surface area contributed by atoms with Gasteiger partial charge in [0.1, 0.15) is 5.75 Å². The van der Waals surface area contributed by atoms with Crippen molar-refractivity contribution in [3.8, 4) is 5.75 Å². The Bertz CT molecular complexity index is 1140. The number of benzene rings is 2. The van der Waals surface area contributed by atoms with E-state index >= 15 is 0 Å². The van der Waals surface area contributed by atoms with Crippen molar-refractivity contribution in [1.29, 1.82) is 0 Å². The molecule has 1 saturated carbocycles. The van der Waals surface area contributed by atoms with Gasteiger partial charge in [-0.3, -0.25) is 9.59 Å². The van der Waals surface area contributed by atoms with Crippen LogP contribution in [0.4, 0.5) is 5.69 Å². The Morgan fingerprint density at radius 3 is 2.29 bits per heavy atom. The number of anilines is 1. The zero-order valence-electron chi connectivity index (χ0n) is 20.0. The summed E-state index contributed by atoms with van der Waals surface area (Å²) in [7, 11) is -3.64. The Balaban J connectivity index is 1.35. The molecular formula is C26H33N3O5S. The van der Waals surface area contributed by atoms with Crippen LogP contribution in [0.2, 0.25) is 0 Å². The van der Waals surface area contributed by atoms with Crippen molar-refractivity contribution in [2.45, 2.75) is 56.4 Å². The van der Waals surface area contributed by atoms with Crippen molar-refractivity contribution in [2.75, 3.05) is 25.0 Å². The number of nitrogens with one attached hydrogen (secondary N) is 2. The Kier molecular flexibility index (Phi) is 8.07. The van der Waals surface area contributed by atoms with Gasteiger partial charge in [-0.15, -0.1) is 0 Å². The molecule has 2 amide bonds. The minimum Gasteiger partial charge on any atom is -0.494 e. The third-order valence-corrected chi connectivity index (χ3v) is 8.63. The van der Waals surface area contributed by atoms with Gasteiger partial charge in [0.25, 0.3) is 5.91 Å². The van der Waals surface area contributed by atoms with Crippen molar-refractivity contribution >= 4 is 27.5 Å². The van der Waals surface area contributed by atoms with Gasteiger partial charge in [0.15, 0.2) is 0 Å². The van der Waals surface area contributed by atoms with E-state index in [9.17, 15) is 18.0 Å². The van der Waals surface area contributed by atoms with Gasteiger partial charge in [-0.25, -0.2) is 8.42 Å². The van der Waals surface area contributed by atoms with Gasteiger partial charge < -0.3 is 15.4 Å². The molecule has 2 aliphatic rings. The molecule has 2 fully saturated rings. The van der Waals surface area contributed by atoms with E-state index in [1.807, 2.05) is 6.92 Å². The molecule has 188 valence electrons. The van der Waals surface area contributed by atoms with Crippen molar-refractivity contribution in [2.24, 2.45) is 5.92 Å². The van der Waals surface area contributed by atoms with Gasteiger partial charge >= 0.3 is 0 Å². The number of hydrogen-bond acceptors (Lipinski definition) is 5. The Morgan fingerprint density at radius 2 is 1.63 bits per heavy atom. The summed E-state index contributed by atoms with van der Waals surface area (Å²) in [5.41, 5.74) is 0.931. The molecule has 35 heavy (non-hydrogen) atoms. The molecule has 2 aromatic rings. The second-order valence-electron chi connectivity index (χ2n) is 9.07. The number of piperidine rings is 1. The lowest BCUT2D eigenvalue weighted by Gasteiger charge is -2.30. The van der Waals surface area contributed by atoms with Gasteiger partial charge in [0.2, 0.25) is 15.9 Å². The number of rotatable bonds is 8. The fourth-order valence-electron chi connectivity index (χ4n) is 4.74. The van der Waals surface area contributed by atoms with Crippen LogP contribution < -0.4 is 15.4 Å². The molecule has 2 N–H and O–H groups in total. The molecule has 0 spiro atoms. The third-order valence-electron chi connectivity index (χ3n) is 6.72. The minimum absolute atomic E-state index is 0.177. The lowest BCUT2D eigenvalue weighted by atomic mass is 9.97. The summed E-state index contributed by atoms with van der Waals surface area (Å²) in [4.78, 5) is 26.0. The number of ether oxygens (including phenoxy) is 1. The maximum absolute atomic E-state index is 13.0. The largest absolute Gasteiger partial charge is 0.494 e. The van der Waals surface area contributed by atoms with Gasteiger partial charge in [0.05, 0.1) is 22.8 Å². The van der Waals surface area contributed by atoms with E-state index in [0.29, 0.717) is 36.4 Å². The molecule has 0 bridgehead atoms. The first-order valence-corrected chi connectivity index (χ1v) is 13.8. The lowest BCUT2D eigenvalue weighted by molar-refractivity contribution is -0.120. The SMILES string of the molecule is CCOc1ccc(S(=O)(=O)N2CCC(C(=O)Nc3ccccc3C(=O)NC3CCCC3)CC2)cc1. The average molecular weight is 500 g/mol. The fourth-order valence-corrected chi connectivity index (χ4v) is 6.21. The Hall–Kier alpha value is -2.91. The van der Waals surface area contributed by atoms with Gasteiger partial charge in [-0.2, -0.15) is 4.31 Å². The average Bonchev–Trinajstić information content (AvgIpc) is 3.38. The first kappa shape index (κ1) is 25.2. The number of sulfonamides is 1. The quantitative estimate of drug-likeness (QED) is 0.575. The highest BCUT2D eigenvalue weighted by molar-refractivity contribution is 7.89. The first-order valence-electron chi connectivity index (χ1n) is 12.3. The molecule has 1 aliphatic heterocycles. The van der Waals surface area contributed by atoms with E-state index in [1.54, 1.807) is 48.5 Å².